The van der Waals surface area contributed by atoms with Gasteiger partial charge in [0.1, 0.15) is 5.76 Å². The van der Waals surface area contributed by atoms with E-state index >= 15 is 0 Å². The Bertz CT molecular complexity index is 261. The van der Waals surface area contributed by atoms with Crippen molar-refractivity contribution >= 4 is 0 Å². The minimum Gasteiger partial charge on any atom is -0.361 e. The zero-order chi connectivity index (χ0) is 14.6. The predicted octanol–water partition coefficient (Wildman–Crippen LogP) is 4.13. The van der Waals surface area contributed by atoms with Gasteiger partial charge >= 0.3 is 0 Å². The molecule has 0 aromatic carbocycles. The van der Waals surface area contributed by atoms with E-state index in [1.54, 1.807) is 0 Å². The number of hydrogen-bond acceptors (Lipinski definition) is 3. The highest BCUT2D eigenvalue weighted by atomic mass is 16.5. The van der Waals surface area contributed by atoms with Crippen molar-refractivity contribution in [3.05, 3.63) is 17.0 Å². The molecule has 1 heterocycles. The molecule has 1 N–H and O–H groups in total. The van der Waals surface area contributed by atoms with E-state index in [0.29, 0.717) is 0 Å². The highest BCUT2D eigenvalue weighted by Gasteiger charge is 2.04. The van der Waals surface area contributed by atoms with E-state index in [0.717, 1.165) is 30.3 Å². The zero-order valence-corrected chi connectivity index (χ0v) is 13.6. The van der Waals surface area contributed by atoms with E-state index in [4.69, 9.17) is 4.52 Å². The number of aromatic nitrogens is 1. The molecular formula is C15H32N2O. The van der Waals surface area contributed by atoms with Crippen LogP contribution in [0.4, 0.5) is 0 Å². The third-order valence-corrected chi connectivity index (χ3v) is 2.51. The molecule has 1 aromatic rings. The topological polar surface area (TPSA) is 38.1 Å². The molecule has 0 atom stereocenters. The van der Waals surface area contributed by atoms with E-state index in [-0.39, 0.29) is 0 Å². The van der Waals surface area contributed by atoms with Gasteiger partial charge in [0.25, 0.3) is 0 Å². The molecule has 0 unspecified atom stereocenters. The quantitative estimate of drug-likeness (QED) is 0.880. The summed E-state index contributed by atoms with van der Waals surface area (Å²) in [6, 6.07) is 0. The van der Waals surface area contributed by atoms with Crippen molar-refractivity contribution in [2.45, 2.75) is 61.3 Å². The zero-order valence-electron chi connectivity index (χ0n) is 13.6. The molecule has 0 aliphatic rings. The van der Waals surface area contributed by atoms with Crippen LogP contribution in [0.3, 0.4) is 0 Å². The molecule has 1 rings (SSSR count). The van der Waals surface area contributed by atoms with Crippen molar-refractivity contribution in [2.75, 3.05) is 13.6 Å². The van der Waals surface area contributed by atoms with Gasteiger partial charge in [0.2, 0.25) is 0 Å². The van der Waals surface area contributed by atoms with Crippen LogP contribution in [0.25, 0.3) is 0 Å². The summed E-state index contributed by atoms with van der Waals surface area (Å²) in [5.74, 6) is 1.79. The van der Waals surface area contributed by atoms with Gasteiger partial charge in [-0.2, -0.15) is 0 Å². The third-order valence-electron chi connectivity index (χ3n) is 2.51. The van der Waals surface area contributed by atoms with Crippen molar-refractivity contribution in [3.8, 4) is 0 Å². The second kappa shape index (κ2) is 12.6. The molecule has 3 heteroatoms. The van der Waals surface area contributed by atoms with Crippen LogP contribution in [0.15, 0.2) is 4.52 Å². The molecule has 3 nitrogen and oxygen atoms in total. The largest absolute Gasteiger partial charge is 0.361 e. The Hall–Kier alpha value is -0.830. The maximum atomic E-state index is 4.94. The number of hydrogen-bond donors (Lipinski definition) is 1. The summed E-state index contributed by atoms with van der Waals surface area (Å²) in [6.07, 6.45) is 2.30. The van der Waals surface area contributed by atoms with Crippen LogP contribution >= 0.6 is 0 Å². The normalized spacial score (nSPS) is 9.39. The van der Waals surface area contributed by atoms with E-state index < -0.39 is 0 Å². The van der Waals surface area contributed by atoms with Crippen LogP contribution in [-0.4, -0.2) is 18.7 Å². The van der Waals surface area contributed by atoms with Crippen LogP contribution in [0.5, 0.6) is 0 Å². The van der Waals surface area contributed by atoms with Gasteiger partial charge in [0, 0.05) is 5.56 Å². The third kappa shape index (κ3) is 9.23. The van der Waals surface area contributed by atoms with Crippen LogP contribution < -0.4 is 5.32 Å². The first-order valence-electron chi connectivity index (χ1n) is 7.09. The molecule has 0 amide bonds. The van der Waals surface area contributed by atoms with Crippen LogP contribution in [-0.2, 0) is 6.42 Å². The molecule has 1 aromatic heterocycles. The molecule has 0 aliphatic carbocycles. The number of rotatable bonds is 4. The fourth-order valence-corrected chi connectivity index (χ4v) is 1.44. The fourth-order valence-electron chi connectivity index (χ4n) is 1.44. The molecule has 0 bridgehead atoms. The molecule has 0 saturated heterocycles. The summed E-state index contributed by atoms with van der Waals surface area (Å²) >= 11 is 0. The Morgan fingerprint density at radius 1 is 1.22 bits per heavy atom. The van der Waals surface area contributed by atoms with Crippen LogP contribution in [0, 0.1) is 19.8 Å². The van der Waals surface area contributed by atoms with Gasteiger partial charge in [-0.05, 0) is 46.2 Å². The minimum atomic E-state index is 0.840. The first-order valence-corrected chi connectivity index (χ1v) is 7.09. The van der Waals surface area contributed by atoms with Crippen LogP contribution in [0.2, 0.25) is 0 Å². The van der Waals surface area contributed by atoms with E-state index in [2.05, 4.69) is 31.2 Å². The Balaban J connectivity index is 0. The summed E-state index contributed by atoms with van der Waals surface area (Å²) in [5, 5.41) is 6.91. The van der Waals surface area contributed by atoms with Crippen LogP contribution in [0.1, 0.15) is 58.1 Å². The van der Waals surface area contributed by atoms with E-state index in [1.807, 2.05) is 34.7 Å². The van der Waals surface area contributed by atoms with Crippen molar-refractivity contribution in [1.82, 2.24) is 10.5 Å². The van der Waals surface area contributed by atoms with Gasteiger partial charge in [-0.25, -0.2) is 0 Å². The van der Waals surface area contributed by atoms with Crippen molar-refractivity contribution in [3.63, 3.8) is 0 Å². The molecule has 0 saturated carbocycles. The molecule has 0 fully saturated rings. The lowest BCUT2D eigenvalue weighted by Gasteiger charge is -2.00. The van der Waals surface area contributed by atoms with Gasteiger partial charge < -0.3 is 9.84 Å². The predicted molar refractivity (Wildman–Crippen MR) is 80.1 cm³/mol. The molecule has 0 aliphatic heterocycles. The SMILES string of the molecule is CC.CCc1c(C)noc1C.CNCCC(C)C. The van der Waals surface area contributed by atoms with Crippen molar-refractivity contribution < 1.29 is 4.52 Å². The summed E-state index contributed by atoms with van der Waals surface area (Å²) in [6.45, 7) is 15.6. The molecule has 108 valence electrons. The lowest BCUT2D eigenvalue weighted by molar-refractivity contribution is 0.392. The highest BCUT2D eigenvalue weighted by Crippen LogP contribution is 2.11. The second-order valence-electron chi connectivity index (χ2n) is 4.44. The number of nitrogens with zero attached hydrogens (tertiary/aromatic N) is 1. The summed E-state index contributed by atoms with van der Waals surface area (Å²) < 4.78 is 4.94. The maximum Gasteiger partial charge on any atom is 0.137 e. The van der Waals surface area contributed by atoms with Gasteiger partial charge in [0.15, 0.2) is 0 Å². The lowest BCUT2D eigenvalue weighted by atomic mass is 10.1. The minimum absolute atomic E-state index is 0.840. The Kier molecular flexibility index (Phi) is 13.7. The standard InChI is InChI=1S/C7H11NO.C6H15N.C2H6/c1-4-7-5(2)8-9-6(7)3;1-6(2)4-5-7-3;1-2/h4H2,1-3H3;6-7H,4-5H2,1-3H3;1-2H3. The Labute approximate surface area is 113 Å². The van der Waals surface area contributed by atoms with Gasteiger partial charge in [0.05, 0.1) is 5.69 Å². The van der Waals surface area contributed by atoms with Gasteiger partial charge in [-0.1, -0.05) is 39.8 Å². The summed E-state index contributed by atoms with van der Waals surface area (Å²) in [7, 11) is 1.99. The van der Waals surface area contributed by atoms with Gasteiger partial charge in [-0.3, -0.25) is 0 Å². The maximum absolute atomic E-state index is 4.94. The number of nitrogens with one attached hydrogen (secondary N) is 1. The van der Waals surface area contributed by atoms with E-state index in [9.17, 15) is 0 Å². The first kappa shape index (κ1) is 19.5. The van der Waals surface area contributed by atoms with Crippen molar-refractivity contribution in [1.29, 1.82) is 0 Å². The Morgan fingerprint density at radius 2 is 1.78 bits per heavy atom. The Morgan fingerprint density at radius 3 is 1.94 bits per heavy atom. The van der Waals surface area contributed by atoms with E-state index in [1.165, 1.54) is 12.0 Å². The monoisotopic (exact) mass is 256 g/mol. The van der Waals surface area contributed by atoms with Gasteiger partial charge in [-0.15, -0.1) is 0 Å². The second-order valence-corrected chi connectivity index (χ2v) is 4.44. The average molecular weight is 256 g/mol. The molecular weight excluding hydrogens is 224 g/mol. The molecule has 0 spiro atoms. The first-order chi connectivity index (χ1) is 8.52. The molecule has 18 heavy (non-hydrogen) atoms. The fraction of sp³-hybridized carbons (Fsp3) is 0.800. The average Bonchev–Trinajstić information content (AvgIpc) is 2.69. The summed E-state index contributed by atoms with van der Waals surface area (Å²) in [5.41, 5.74) is 2.27. The van der Waals surface area contributed by atoms with Crippen molar-refractivity contribution in [2.24, 2.45) is 5.92 Å². The smallest absolute Gasteiger partial charge is 0.137 e. The highest BCUT2D eigenvalue weighted by molar-refractivity contribution is 5.19. The number of aryl methyl sites for hydroxylation is 2. The summed E-state index contributed by atoms with van der Waals surface area (Å²) in [4.78, 5) is 0. The lowest BCUT2D eigenvalue weighted by Crippen LogP contribution is -2.09. The molecule has 0 radical (unpaired) electrons.